The van der Waals surface area contributed by atoms with Gasteiger partial charge in [-0.05, 0) is 0 Å². The van der Waals surface area contributed by atoms with Crippen LogP contribution >= 0.6 is 11.3 Å². The molecule has 1 heterocycles. The van der Waals surface area contributed by atoms with Gasteiger partial charge in [-0.1, -0.05) is 11.3 Å². The number of hydrogen-bond donors (Lipinski definition) is 1. The van der Waals surface area contributed by atoms with Crippen LogP contribution in [0.3, 0.4) is 0 Å². The smallest absolute Gasteiger partial charge is 0.485 e. The highest BCUT2D eigenvalue weighted by Gasteiger charge is 2.36. The molecule has 0 amide bonds. The van der Waals surface area contributed by atoms with Gasteiger partial charge in [-0.3, -0.25) is 0 Å². The third-order valence-electron chi connectivity index (χ3n) is 1.91. The molecular formula is C8H12F3NO4S2. The number of aliphatic hydroxyl groups is 1. The first kappa shape index (κ1) is 17.3. The number of halogens is 3. The molecular weight excluding hydrogens is 295 g/mol. The molecule has 0 saturated carbocycles. The van der Waals surface area contributed by atoms with Crippen molar-refractivity contribution in [2.45, 2.75) is 18.9 Å². The van der Waals surface area contributed by atoms with Crippen LogP contribution in [0, 0.1) is 6.92 Å². The van der Waals surface area contributed by atoms with E-state index in [0.717, 1.165) is 6.42 Å². The van der Waals surface area contributed by atoms with Crippen molar-refractivity contribution in [3.8, 4) is 0 Å². The Morgan fingerprint density at radius 2 is 1.94 bits per heavy atom. The number of hydrogen-bond acceptors (Lipinski definition) is 5. The monoisotopic (exact) mass is 307 g/mol. The minimum atomic E-state index is -6.09. The molecule has 1 aromatic heterocycles. The normalized spacial score (nSPS) is 11.9. The molecule has 1 N–H and O–H groups in total. The zero-order chi connectivity index (χ0) is 14.6. The standard InChI is InChI=1S/C7H12NOS.CHF3O3S/c1-6-7(3-4-9)10-5-8(6)2;2-1(3,4)8(5,6)7/h5,9H,3-4H2,1-2H3;(H,5,6,7)/q+1;/p-1. The van der Waals surface area contributed by atoms with Crippen LogP contribution < -0.4 is 4.57 Å². The van der Waals surface area contributed by atoms with Crippen molar-refractivity contribution in [3.63, 3.8) is 0 Å². The van der Waals surface area contributed by atoms with Crippen LogP contribution in [0.1, 0.15) is 10.6 Å². The predicted octanol–water partition coefficient (Wildman–Crippen LogP) is 0.467. The number of rotatable bonds is 2. The largest absolute Gasteiger partial charge is 0.741 e. The van der Waals surface area contributed by atoms with E-state index in [2.05, 4.69) is 17.0 Å². The number of aliphatic hydroxyl groups excluding tert-OH is 1. The van der Waals surface area contributed by atoms with Crippen LogP contribution in [-0.2, 0) is 23.6 Å². The Labute approximate surface area is 106 Å². The average Bonchev–Trinajstić information content (AvgIpc) is 2.48. The summed E-state index contributed by atoms with van der Waals surface area (Å²) in [6.07, 6.45) is 0.789. The SMILES string of the molecule is Cc1c(CCO)sc[n+]1C.O=S(=O)([O-])C(F)(F)F. The maximum atomic E-state index is 10.7. The van der Waals surface area contributed by atoms with Crippen LogP contribution in [0.2, 0.25) is 0 Å². The van der Waals surface area contributed by atoms with Crippen LogP contribution in [0.5, 0.6) is 0 Å². The first-order valence-corrected chi connectivity index (χ1v) is 6.85. The molecule has 0 fully saturated rings. The fourth-order valence-electron chi connectivity index (χ4n) is 0.845. The van der Waals surface area contributed by atoms with E-state index in [9.17, 15) is 13.2 Å². The summed E-state index contributed by atoms with van der Waals surface area (Å²) in [6, 6.07) is 0. The van der Waals surface area contributed by atoms with E-state index < -0.39 is 15.6 Å². The van der Waals surface area contributed by atoms with Gasteiger partial charge in [-0.2, -0.15) is 17.7 Å². The zero-order valence-corrected chi connectivity index (χ0v) is 11.2. The van der Waals surface area contributed by atoms with Gasteiger partial charge in [0.2, 0.25) is 5.51 Å². The molecule has 5 nitrogen and oxygen atoms in total. The Kier molecular flexibility index (Phi) is 6.20. The molecule has 0 aliphatic carbocycles. The molecule has 0 saturated heterocycles. The third-order valence-corrected chi connectivity index (χ3v) is 3.68. The van der Waals surface area contributed by atoms with Crippen molar-refractivity contribution in [3.05, 3.63) is 16.1 Å². The maximum absolute atomic E-state index is 10.7. The minimum absolute atomic E-state index is 0.251. The first-order valence-electron chi connectivity index (χ1n) is 4.56. The molecule has 0 radical (unpaired) electrons. The molecule has 0 atom stereocenters. The maximum Gasteiger partial charge on any atom is 0.485 e. The Bertz CT molecular complexity index is 481. The molecule has 0 aliphatic rings. The topological polar surface area (TPSA) is 81.3 Å². The number of alkyl halides is 3. The number of nitrogens with zero attached hydrogens (tertiary/aromatic N) is 1. The fourth-order valence-corrected chi connectivity index (χ4v) is 1.81. The van der Waals surface area contributed by atoms with E-state index in [1.807, 2.05) is 7.05 Å². The summed E-state index contributed by atoms with van der Waals surface area (Å²) in [5.74, 6) is 0. The van der Waals surface area contributed by atoms with E-state index in [1.165, 1.54) is 10.6 Å². The van der Waals surface area contributed by atoms with Gasteiger partial charge >= 0.3 is 5.51 Å². The second-order valence-corrected chi connectivity index (χ2v) is 5.53. The summed E-state index contributed by atoms with van der Waals surface area (Å²) in [5, 5.41) is 8.65. The number of thiazole rings is 1. The molecule has 0 spiro atoms. The third kappa shape index (κ3) is 5.29. The van der Waals surface area contributed by atoms with Gasteiger partial charge < -0.3 is 9.66 Å². The lowest BCUT2D eigenvalue weighted by atomic mass is 10.3. The second-order valence-electron chi connectivity index (χ2n) is 3.22. The Morgan fingerprint density at radius 1 is 1.50 bits per heavy atom. The Balaban J connectivity index is 0.000000331. The average molecular weight is 307 g/mol. The highest BCUT2D eigenvalue weighted by molar-refractivity contribution is 7.86. The zero-order valence-electron chi connectivity index (χ0n) is 9.56. The lowest BCUT2D eigenvalue weighted by Gasteiger charge is -2.08. The lowest BCUT2D eigenvalue weighted by Crippen LogP contribution is -2.28. The summed E-state index contributed by atoms with van der Waals surface area (Å²) in [6.45, 7) is 2.32. The van der Waals surface area contributed by atoms with E-state index in [1.54, 1.807) is 11.3 Å². The van der Waals surface area contributed by atoms with Gasteiger partial charge in [-0.15, -0.1) is 0 Å². The second kappa shape index (κ2) is 6.45. The Morgan fingerprint density at radius 3 is 2.17 bits per heavy atom. The quantitative estimate of drug-likeness (QED) is 0.489. The van der Waals surface area contributed by atoms with Gasteiger partial charge in [0.05, 0.1) is 4.88 Å². The van der Waals surface area contributed by atoms with Gasteiger partial charge in [0, 0.05) is 20.0 Å². The fraction of sp³-hybridized carbons (Fsp3) is 0.625. The summed E-state index contributed by atoms with van der Waals surface area (Å²) in [7, 11) is -4.07. The van der Waals surface area contributed by atoms with Crippen molar-refractivity contribution < 1.29 is 35.8 Å². The van der Waals surface area contributed by atoms with Crippen LogP contribution in [-0.4, -0.2) is 30.2 Å². The number of aromatic nitrogens is 1. The van der Waals surface area contributed by atoms with E-state index >= 15 is 0 Å². The highest BCUT2D eigenvalue weighted by atomic mass is 32.2. The predicted molar refractivity (Wildman–Crippen MR) is 56.8 cm³/mol. The van der Waals surface area contributed by atoms with E-state index in [0.29, 0.717) is 0 Å². The van der Waals surface area contributed by atoms with Crippen LogP contribution in [0.15, 0.2) is 5.51 Å². The van der Waals surface area contributed by atoms with Crippen molar-refractivity contribution in [1.82, 2.24) is 0 Å². The Hall–Kier alpha value is -0.710. The van der Waals surface area contributed by atoms with Crippen molar-refractivity contribution in [2.24, 2.45) is 7.05 Å². The summed E-state index contributed by atoms with van der Waals surface area (Å²) >= 11 is 1.70. The van der Waals surface area contributed by atoms with Crippen molar-refractivity contribution in [1.29, 1.82) is 0 Å². The van der Waals surface area contributed by atoms with Gasteiger partial charge in [0.25, 0.3) is 0 Å². The molecule has 1 aromatic rings. The number of aryl methyl sites for hydroxylation is 1. The van der Waals surface area contributed by atoms with E-state index in [-0.39, 0.29) is 6.61 Å². The molecule has 0 bridgehead atoms. The molecule has 1 rings (SSSR count). The summed E-state index contributed by atoms with van der Waals surface area (Å²) in [4.78, 5) is 1.28. The van der Waals surface area contributed by atoms with Crippen LogP contribution in [0.4, 0.5) is 13.2 Å². The molecule has 18 heavy (non-hydrogen) atoms. The van der Waals surface area contributed by atoms with E-state index in [4.69, 9.17) is 18.1 Å². The lowest BCUT2D eigenvalue weighted by molar-refractivity contribution is -0.673. The summed E-state index contributed by atoms with van der Waals surface area (Å²) < 4.78 is 61.0. The minimum Gasteiger partial charge on any atom is -0.741 e. The van der Waals surface area contributed by atoms with Crippen molar-refractivity contribution in [2.75, 3.05) is 6.61 Å². The van der Waals surface area contributed by atoms with Crippen molar-refractivity contribution >= 4 is 21.5 Å². The van der Waals surface area contributed by atoms with Gasteiger partial charge in [0.15, 0.2) is 15.8 Å². The van der Waals surface area contributed by atoms with Crippen LogP contribution in [0.25, 0.3) is 0 Å². The molecule has 0 aliphatic heterocycles. The molecule has 10 heteroatoms. The van der Waals surface area contributed by atoms with Gasteiger partial charge in [0.1, 0.15) is 7.05 Å². The molecule has 106 valence electrons. The first-order chi connectivity index (χ1) is 8.00. The molecule has 0 unspecified atom stereocenters. The summed E-state index contributed by atoms with van der Waals surface area (Å²) in [5.41, 5.74) is -2.33. The molecule has 0 aromatic carbocycles. The van der Waals surface area contributed by atoms with Gasteiger partial charge in [-0.25, -0.2) is 8.42 Å². The highest BCUT2D eigenvalue weighted by Crippen LogP contribution is 2.20.